The van der Waals surface area contributed by atoms with E-state index in [1.165, 1.54) is 6.07 Å². The van der Waals surface area contributed by atoms with Crippen molar-refractivity contribution in [2.75, 3.05) is 18.4 Å². The van der Waals surface area contributed by atoms with Crippen LogP contribution in [0.15, 0.2) is 42.6 Å². The fourth-order valence-corrected chi connectivity index (χ4v) is 2.06. The molecule has 0 bridgehead atoms. The van der Waals surface area contributed by atoms with Gasteiger partial charge in [0.1, 0.15) is 17.7 Å². The molecule has 2 aromatic rings. The van der Waals surface area contributed by atoms with Crippen LogP contribution in [-0.4, -0.2) is 24.0 Å². The highest BCUT2D eigenvalue weighted by Gasteiger charge is 2.06. The van der Waals surface area contributed by atoms with E-state index in [0.29, 0.717) is 36.5 Å². The Morgan fingerprint density at radius 1 is 1.22 bits per heavy atom. The molecule has 5 nitrogen and oxygen atoms in total. The van der Waals surface area contributed by atoms with Crippen LogP contribution in [0, 0.1) is 17.1 Å². The summed E-state index contributed by atoms with van der Waals surface area (Å²) in [6, 6.07) is 11.8. The Hall–Kier alpha value is -2.94. The highest BCUT2D eigenvalue weighted by Crippen LogP contribution is 2.09. The molecule has 2 N–H and O–H groups in total. The maximum atomic E-state index is 13.4. The SMILES string of the molecule is N#Cc1cccnc1NCCNC(=O)CCc1ccccc1F. The molecule has 23 heavy (non-hydrogen) atoms. The zero-order chi connectivity index (χ0) is 16.5. The van der Waals surface area contributed by atoms with Gasteiger partial charge in [0, 0.05) is 25.7 Å². The van der Waals surface area contributed by atoms with Crippen LogP contribution in [0.3, 0.4) is 0 Å². The minimum Gasteiger partial charge on any atom is -0.367 e. The van der Waals surface area contributed by atoms with Gasteiger partial charge >= 0.3 is 0 Å². The molecule has 1 amide bonds. The van der Waals surface area contributed by atoms with Crippen molar-refractivity contribution in [2.45, 2.75) is 12.8 Å². The van der Waals surface area contributed by atoms with Crippen molar-refractivity contribution < 1.29 is 9.18 Å². The average Bonchev–Trinajstić information content (AvgIpc) is 2.58. The van der Waals surface area contributed by atoms with E-state index in [2.05, 4.69) is 15.6 Å². The van der Waals surface area contributed by atoms with E-state index in [4.69, 9.17) is 5.26 Å². The van der Waals surface area contributed by atoms with Crippen LogP contribution in [0.5, 0.6) is 0 Å². The number of pyridine rings is 1. The van der Waals surface area contributed by atoms with Crippen LogP contribution in [0.4, 0.5) is 10.2 Å². The van der Waals surface area contributed by atoms with Gasteiger partial charge in [0.2, 0.25) is 5.91 Å². The van der Waals surface area contributed by atoms with Gasteiger partial charge in [-0.15, -0.1) is 0 Å². The van der Waals surface area contributed by atoms with E-state index >= 15 is 0 Å². The van der Waals surface area contributed by atoms with Gasteiger partial charge in [0.25, 0.3) is 0 Å². The lowest BCUT2D eigenvalue weighted by Gasteiger charge is -2.08. The largest absolute Gasteiger partial charge is 0.367 e. The monoisotopic (exact) mass is 312 g/mol. The van der Waals surface area contributed by atoms with E-state index in [-0.39, 0.29) is 18.1 Å². The first-order valence-corrected chi connectivity index (χ1v) is 7.30. The molecule has 1 aromatic carbocycles. The summed E-state index contributed by atoms with van der Waals surface area (Å²) in [6.07, 6.45) is 2.19. The molecule has 118 valence electrons. The van der Waals surface area contributed by atoms with E-state index in [9.17, 15) is 9.18 Å². The molecular weight excluding hydrogens is 295 g/mol. The Kier molecular flexibility index (Phi) is 6.07. The number of aromatic nitrogens is 1. The van der Waals surface area contributed by atoms with Gasteiger partial charge < -0.3 is 10.6 Å². The Morgan fingerprint density at radius 2 is 2.04 bits per heavy atom. The van der Waals surface area contributed by atoms with E-state index in [1.807, 2.05) is 6.07 Å². The van der Waals surface area contributed by atoms with Crippen LogP contribution in [0.2, 0.25) is 0 Å². The Labute approximate surface area is 134 Å². The number of nitrogens with one attached hydrogen (secondary N) is 2. The average molecular weight is 312 g/mol. The second-order valence-corrected chi connectivity index (χ2v) is 4.88. The third-order valence-electron chi connectivity index (χ3n) is 3.25. The van der Waals surface area contributed by atoms with Gasteiger partial charge in [0.15, 0.2) is 0 Å². The smallest absolute Gasteiger partial charge is 0.220 e. The fraction of sp³-hybridized carbons (Fsp3) is 0.235. The van der Waals surface area contributed by atoms with Crippen LogP contribution >= 0.6 is 0 Å². The molecule has 1 aromatic heterocycles. The number of benzene rings is 1. The second-order valence-electron chi connectivity index (χ2n) is 4.88. The fourth-order valence-electron chi connectivity index (χ4n) is 2.06. The molecular formula is C17H17FN4O. The molecule has 1 heterocycles. The van der Waals surface area contributed by atoms with Gasteiger partial charge in [-0.2, -0.15) is 5.26 Å². The van der Waals surface area contributed by atoms with E-state index in [1.54, 1.807) is 36.5 Å². The molecule has 0 fully saturated rings. The topological polar surface area (TPSA) is 77.8 Å². The van der Waals surface area contributed by atoms with Crippen molar-refractivity contribution in [1.29, 1.82) is 5.26 Å². The summed E-state index contributed by atoms with van der Waals surface area (Å²) in [6.45, 7) is 0.856. The van der Waals surface area contributed by atoms with Crippen molar-refractivity contribution in [1.82, 2.24) is 10.3 Å². The molecule has 0 spiro atoms. The first kappa shape index (κ1) is 16.4. The predicted molar refractivity (Wildman–Crippen MR) is 85.2 cm³/mol. The molecule has 0 saturated carbocycles. The molecule has 2 rings (SSSR count). The van der Waals surface area contributed by atoms with Gasteiger partial charge in [-0.25, -0.2) is 9.37 Å². The third kappa shape index (κ3) is 5.08. The number of carbonyl (C=O) groups is 1. The number of nitrogens with zero attached hydrogens (tertiary/aromatic N) is 2. The van der Waals surface area contributed by atoms with Crippen LogP contribution in [0.1, 0.15) is 17.5 Å². The molecule has 0 aliphatic carbocycles. The Bertz CT molecular complexity index is 712. The quantitative estimate of drug-likeness (QED) is 0.769. The first-order chi connectivity index (χ1) is 11.2. The summed E-state index contributed by atoms with van der Waals surface area (Å²) in [5, 5.41) is 14.7. The molecule has 6 heteroatoms. The maximum absolute atomic E-state index is 13.4. The van der Waals surface area contributed by atoms with Crippen molar-refractivity contribution >= 4 is 11.7 Å². The highest BCUT2D eigenvalue weighted by atomic mass is 19.1. The summed E-state index contributed by atoms with van der Waals surface area (Å²) in [4.78, 5) is 15.8. The van der Waals surface area contributed by atoms with E-state index in [0.717, 1.165) is 0 Å². The van der Waals surface area contributed by atoms with Crippen LogP contribution in [0.25, 0.3) is 0 Å². The van der Waals surface area contributed by atoms with Gasteiger partial charge in [-0.3, -0.25) is 4.79 Å². The lowest BCUT2D eigenvalue weighted by Crippen LogP contribution is -2.29. The summed E-state index contributed by atoms with van der Waals surface area (Å²) < 4.78 is 13.4. The summed E-state index contributed by atoms with van der Waals surface area (Å²) in [5.41, 5.74) is 0.992. The number of hydrogen-bond acceptors (Lipinski definition) is 4. The van der Waals surface area contributed by atoms with Crippen molar-refractivity contribution in [3.8, 4) is 6.07 Å². The normalized spacial score (nSPS) is 9.91. The number of rotatable bonds is 7. The Balaban J connectivity index is 1.69. The zero-order valence-electron chi connectivity index (χ0n) is 12.6. The summed E-state index contributed by atoms with van der Waals surface area (Å²) in [7, 11) is 0. The highest BCUT2D eigenvalue weighted by molar-refractivity contribution is 5.76. The molecule has 0 aliphatic rings. The number of nitriles is 1. The zero-order valence-corrected chi connectivity index (χ0v) is 12.6. The number of anilines is 1. The molecule has 0 radical (unpaired) electrons. The Morgan fingerprint density at radius 3 is 2.83 bits per heavy atom. The van der Waals surface area contributed by atoms with E-state index < -0.39 is 0 Å². The van der Waals surface area contributed by atoms with Crippen molar-refractivity contribution in [3.05, 3.63) is 59.5 Å². The molecule has 0 unspecified atom stereocenters. The lowest BCUT2D eigenvalue weighted by molar-refractivity contribution is -0.120. The first-order valence-electron chi connectivity index (χ1n) is 7.30. The number of halogens is 1. The standard InChI is InChI=1S/C17H17FN4O/c18-15-6-2-1-4-13(15)7-8-16(23)20-10-11-22-17-14(12-19)5-3-9-21-17/h1-6,9H,7-8,10-11H2,(H,20,23)(H,21,22). The third-order valence-corrected chi connectivity index (χ3v) is 3.25. The number of carbonyl (C=O) groups excluding carboxylic acids is 1. The predicted octanol–water partition coefficient (Wildman–Crippen LogP) is 2.25. The van der Waals surface area contributed by atoms with Gasteiger partial charge in [0.05, 0.1) is 5.56 Å². The molecule has 0 atom stereocenters. The minimum absolute atomic E-state index is 0.142. The number of amides is 1. The number of aryl methyl sites for hydroxylation is 1. The summed E-state index contributed by atoms with van der Waals surface area (Å²) in [5.74, 6) is 0.0633. The molecule has 0 saturated heterocycles. The molecule has 0 aliphatic heterocycles. The van der Waals surface area contributed by atoms with Crippen LogP contribution in [-0.2, 0) is 11.2 Å². The van der Waals surface area contributed by atoms with Crippen molar-refractivity contribution in [2.24, 2.45) is 0 Å². The summed E-state index contributed by atoms with van der Waals surface area (Å²) >= 11 is 0. The number of hydrogen-bond donors (Lipinski definition) is 2. The van der Waals surface area contributed by atoms with Gasteiger partial charge in [-0.1, -0.05) is 18.2 Å². The van der Waals surface area contributed by atoms with Crippen molar-refractivity contribution in [3.63, 3.8) is 0 Å². The lowest BCUT2D eigenvalue weighted by atomic mass is 10.1. The van der Waals surface area contributed by atoms with Crippen LogP contribution < -0.4 is 10.6 Å². The minimum atomic E-state index is -0.291. The van der Waals surface area contributed by atoms with Gasteiger partial charge in [-0.05, 0) is 30.2 Å². The maximum Gasteiger partial charge on any atom is 0.220 e. The second kappa shape index (κ2) is 8.49.